The van der Waals surface area contributed by atoms with Crippen molar-refractivity contribution >= 4 is 35.1 Å². The zero-order valence-corrected chi connectivity index (χ0v) is 16.4. The Morgan fingerprint density at radius 2 is 2.04 bits per heavy atom. The summed E-state index contributed by atoms with van der Waals surface area (Å²) < 4.78 is 5.15. The van der Waals surface area contributed by atoms with Crippen molar-refractivity contribution in [3.05, 3.63) is 35.4 Å². The van der Waals surface area contributed by atoms with E-state index in [1.165, 1.54) is 0 Å². The van der Waals surface area contributed by atoms with E-state index in [2.05, 4.69) is 10.6 Å². The first-order valence-electron chi connectivity index (χ1n) is 9.04. The molecule has 2 N–H and O–H groups in total. The fraction of sp³-hybridized carbons (Fsp3) is 0.474. The van der Waals surface area contributed by atoms with Crippen molar-refractivity contribution in [3.8, 4) is 0 Å². The summed E-state index contributed by atoms with van der Waals surface area (Å²) in [5.41, 5.74) is 1.52. The van der Waals surface area contributed by atoms with Gasteiger partial charge in [-0.15, -0.1) is 0 Å². The molecule has 1 aromatic rings. The molecule has 27 heavy (non-hydrogen) atoms. The Balaban J connectivity index is 2.00. The first-order chi connectivity index (χ1) is 12.9. The second-order valence-electron chi connectivity index (χ2n) is 6.40. The van der Waals surface area contributed by atoms with Crippen molar-refractivity contribution < 1.29 is 19.1 Å². The van der Waals surface area contributed by atoms with Crippen LogP contribution in [-0.2, 0) is 14.3 Å². The van der Waals surface area contributed by atoms with Crippen LogP contribution < -0.4 is 10.6 Å². The molecule has 1 saturated heterocycles. The minimum atomic E-state index is -0.793. The highest BCUT2D eigenvalue weighted by atomic mass is 32.1. The summed E-state index contributed by atoms with van der Waals surface area (Å²) in [4.78, 5) is 38.2. The molecule has 146 valence electrons. The van der Waals surface area contributed by atoms with Gasteiger partial charge in [-0.2, -0.15) is 0 Å². The number of carbonyl (C=O) groups excluding carboxylic acids is 3. The lowest BCUT2D eigenvalue weighted by atomic mass is 10.1. The number of thiocarbonyl (C=S) groups is 1. The number of aryl methyl sites for hydroxylation is 1. The second-order valence-corrected chi connectivity index (χ2v) is 6.79. The van der Waals surface area contributed by atoms with Gasteiger partial charge in [0.05, 0.1) is 13.0 Å². The first-order valence-corrected chi connectivity index (χ1v) is 9.45. The van der Waals surface area contributed by atoms with Gasteiger partial charge in [0.2, 0.25) is 5.91 Å². The quantitative estimate of drug-likeness (QED) is 0.435. The van der Waals surface area contributed by atoms with Crippen LogP contribution >= 0.6 is 12.2 Å². The number of carbonyl (C=O) groups is 3. The number of piperazine rings is 1. The minimum Gasteiger partial charge on any atom is -0.466 e. The van der Waals surface area contributed by atoms with Gasteiger partial charge in [-0.25, -0.2) is 0 Å². The molecule has 1 atom stereocenters. The van der Waals surface area contributed by atoms with E-state index in [9.17, 15) is 14.4 Å². The predicted octanol–water partition coefficient (Wildman–Crippen LogP) is 1.54. The predicted molar refractivity (Wildman–Crippen MR) is 105 cm³/mol. The van der Waals surface area contributed by atoms with Crippen LogP contribution in [0.25, 0.3) is 0 Å². The average molecular weight is 391 g/mol. The molecule has 0 saturated carbocycles. The van der Waals surface area contributed by atoms with Gasteiger partial charge < -0.3 is 15.0 Å². The van der Waals surface area contributed by atoms with Crippen molar-refractivity contribution in [2.45, 2.75) is 39.2 Å². The summed E-state index contributed by atoms with van der Waals surface area (Å²) >= 11 is 5.33. The van der Waals surface area contributed by atoms with E-state index in [-0.39, 0.29) is 23.3 Å². The Kier molecular flexibility index (Phi) is 7.72. The van der Waals surface area contributed by atoms with Crippen LogP contribution in [0.2, 0.25) is 0 Å². The summed E-state index contributed by atoms with van der Waals surface area (Å²) in [5.74, 6) is -1.11. The number of hydrogen-bond acceptors (Lipinski definition) is 5. The molecule has 0 spiro atoms. The van der Waals surface area contributed by atoms with Crippen LogP contribution in [0.3, 0.4) is 0 Å². The summed E-state index contributed by atoms with van der Waals surface area (Å²) in [7, 11) is 0. The minimum absolute atomic E-state index is 0.115. The second kappa shape index (κ2) is 10.0. The standard InChI is InChI=1S/C19H25N3O4S/c1-3-4-11-26-16(23)12-15-18(25)20-9-10-22(15)19(27)21-17(24)14-7-5-13(2)6-8-14/h5-8,15H,3-4,9-12H2,1-2H3,(H,20,25)(H,21,24,27)/t15-/m0/s1. The molecule has 1 aromatic carbocycles. The topological polar surface area (TPSA) is 87.7 Å². The van der Waals surface area contributed by atoms with Crippen LogP contribution in [-0.4, -0.2) is 53.5 Å². The maximum Gasteiger partial charge on any atom is 0.308 e. The van der Waals surface area contributed by atoms with E-state index in [4.69, 9.17) is 17.0 Å². The van der Waals surface area contributed by atoms with Gasteiger partial charge in [-0.3, -0.25) is 19.7 Å². The lowest BCUT2D eigenvalue weighted by Gasteiger charge is -2.36. The van der Waals surface area contributed by atoms with Gasteiger partial charge in [0.1, 0.15) is 6.04 Å². The highest BCUT2D eigenvalue weighted by Gasteiger charge is 2.34. The maximum absolute atomic E-state index is 12.4. The van der Waals surface area contributed by atoms with Gasteiger partial charge in [0, 0.05) is 18.7 Å². The molecule has 2 amide bonds. The SMILES string of the molecule is CCCCOC(=O)C[C@H]1C(=O)NCCN1C(=S)NC(=O)c1ccc(C)cc1. The fourth-order valence-electron chi connectivity index (χ4n) is 2.65. The van der Waals surface area contributed by atoms with Crippen molar-refractivity contribution in [3.63, 3.8) is 0 Å². The Labute approximate surface area is 164 Å². The first kappa shape index (κ1) is 20.8. The third kappa shape index (κ3) is 6.02. The van der Waals surface area contributed by atoms with Crippen LogP contribution in [0.15, 0.2) is 24.3 Å². The highest BCUT2D eigenvalue weighted by Crippen LogP contribution is 2.12. The van der Waals surface area contributed by atoms with E-state index in [0.717, 1.165) is 18.4 Å². The highest BCUT2D eigenvalue weighted by molar-refractivity contribution is 7.80. The van der Waals surface area contributed by atoms with Crippen LogP contribution in [0.4, 0.5) is 0 Å². The number of ether oxygens (including phenoxy) is 1. The number of benzene rings is 1. The van der Waals surface area contributed by atoms with Gasteiger partial charge >= 0.3 is 5.97 Å². The molecule has 7 nitrogen and oxygen atoms in total. The number of rotatable bonds is 6. The average Bonchev–Trinajstić information content (AvgIpc) is 2.64. The van der Waals surface area contributed by atoms with Gasteiger partial charge in [0.15, 0.2) is 5.11 Å². The van der Waals surface area contributed by atoms with Crippen LogP contribution in [0, 0.1) is 6.92 Å². The lowest BCUT2D eigenvalue weighted by Crippen LogP contribution is -2.60. The van der Waals surface area contributed by atoms with Gasteiger partial charge in [-0.05, 0) is 37.7 Å². The summed E-state index contributed by atoms with van der Waals surface area (Å²) in [5, 5.41) is 5.49. The molecule has 0 unspecified atom stereocenters. The Hall–Kier alpha value is -2.48. The number of nitrogens with one attached hydrogen (secondary N) is 2. The zero-order chi connectivity index (χ0) is 19.8. The monoisotopic (exact) mass is 391 g/mol. The molecular formula is C19H25N3O4S. The van der Waals surface area contributed by atoms with Crippen molar-refractivity contribution in [1.82, 2.24) is 15.5 Å². The fourth-order valence-corrected chi connectivity index (χ4v) is 2.97. The Bertz CT molecular complexity index is 705. The molecule has 1 heterocycles. The lowest BCUT2D eigenvalue weighted by molar-refractivity contribution is -0.147. The van der Waals surface area contributed by atoms with Crippen LogP contribution in [0.1, 0.15) is 42.1 Å². The molecule has 0 aliphatic carbocycles. The van der Waals surface area contributed by atoms with Crippen molar-refractivity contribution in [1.29, 1.82) is 0 Å². The number of unbranched alkanes of at least 4 members (excludes halogenated alkanes) is 1. The largest absolute Gasteiger partial charge is 0.466 e. The Morgan fingerprint density at radius 1 is 1.33 bits per heavy atom. The van der Waals surface area contributed by atoms with E-state index in [0.29, 0.717) is 25.3 Å². The Morgan fingerprint density at radius 3 is 2.70 bits per heavy atom. The van der Waals surface area contributed by atoms with Crippen LogP contribution in [0.5, 0.6) is 0 Å². The summed E-state index contributed by atoms with van der Waals surface area (Å²) in [6.07, 6.45) is 1.58. The van der Waals surface area contributed by atoms with Gasteiger partial charge in [0.25, 0.3) is 5.91 Å². The summed E-state index contributed by atoms with van der Waals surface area (Å²) in [6, 6.07) is 6.29. The molecule has 0 radical (unpaired) electrons. The molecule has 1 aliphatic heterocycles. The van der Waals surface area contributed by atoms with E-state index < -0.39 is 12.0 Å². The third-order valence-electron chi connectivity index (χ3n) is 4.25. The number of amides is 2. The molecular weight excluding hydrogens is 366 g/mol. The molecule has 8 heteroatoms. The molecule has 1 aliphatic rings. The molecule has 0 bridgehead atoms. The number of esters is 1. The number of hydrogen-bond donors (Lipinski definition) is 2. The van der Waals surface area contributed by atoms with E-state index >= 15 is 0 Å². The van der Waals surface area contributed by atoms with E-state index in [1.807, 2.05) is 26.0 Å². The molecule has 0 aromatic heterocycles. The smallest absolute Gasteiger partial charge is 0.308 e. The number of nitrogens with zero attached hydrogens (tertiary/aromatic N) is 1. The van der Waals surface area contributed by atoms with Crippen molar-refractivity contribution in [2.24, 2.45) is 0 Å². The zero-order valence-electron chi connectivity index (χ0n) is 15.6. The normalized spacial score (nSPS) is 16.4. The van der Waals surface area contributed by atoms with Gasteiger partial charge in [-0.1, -0.05) is 31.0 Å². The van der Waals surface area contributed by atoms with E-state index in [1.54, 1.807) is 17.0 Å². The third-order valence-corrected chi connectivity index (χ3v) is 4.58. The summed E-state index contributed by atoms with van der Waals surface area (Å²) in [6.45, 7) is 5.06. The van der Waals surface area contributed by atoms with Crippen molar-refractivity contribution in [2.75, 3.05) is 19.7 Å². The molecule has 1 fully saturated rings. The molecule has 2 rings (SSSR count). The maximum atomic E-state index is 12.4.